The zero-order chi connectivity index (χ0) is 24.8. The van der Waals surface area contributed by atoms with Crippen molar-refractivity contribution in [2.45, 2.75) is 59.9 Å². The minimum Gasteiger partial charge on any atom is -0.331 e. The Morgan fingerprint density at radius 3 is 2.15 bits per heavy atom. The van der Waals surface area contributed by atoms with E-state index in [0.29, 0.717) is 18.3 Å². The molecule has 0 atom stereocenters. The van der Waals surface area contributed by atoms with E-state index in [-0.39, 0.29) is 30.3 Å². The van der Waals surface area contributed by atoms with Crippen molar-refractivity contribution >= 4 is 17.8 Å². The molecule has 34 heavy (non-hydrogen) atoms. The van der Waals surface area contributed by atoms with Gasteiger partial charge in [0.25, 0.3) is 0 Å². The van der Waals surface area contributed by atoms with Gasteiger partial charge in [-0.15, -0.1) is 0 Å². The lowest BCUT2D eigenvalue weighted by Crippen LogP contribution is -2.43. The highest BCUT2D eigenvalue weighted by molar-refractivity contribution is 5.94. The molecule has 0 aliphatic carbocycles. The van der Waals surface area contributed by atoms with Crippen LogP contribution in [-0.4, -0.2) is 38.9 Å². The van der Waals surface area contributed by atoms with Crippen LogP contribution in [0.15, 0.2) is 60.8 Å². The molecule has 3 aromatic rings. The normalized spacial score (nSPS) is 11.3. The standard InChI is InChI=1S/C28H36N4O2/c1-19(2)16-27(34)31(21(5)6)18-26(33)30-28-29-25(23-10-8-7-9-11-23)17-32(28)24-14-12-22(13-15-24)20(3)4/h7-15,17,19-21H,16,18H2,1-6H3,(H,29,30,33). The molecule has 1 aromatic heterocycles. The number of anilines is 1. The molecule has 6 nitrogen and oxygen atoms in total. The molecule has 1 N–H and O–H groups in total. The zero-order valence-corrected chi connectivity index (χ0v) is 21.1. The van der Waals surface area contributed by atoms with Crippen molar-refractivity contribution in [2.24, 2.45) is 5.92 Å². The third-order valence-corrected chi connectivity index (χ3v) is 5.71. The third kappa shape index (κ3) is 6.34. The Morgan fingerprint density at radius 1 is 0.941 bits per heavy atom. The highest BCUT2D eigenvalue weighted by Crippen LogP contribution is 2.25. The van der Waals surface area contributed by atoms with Crippen molar-refractivity contribution in [1.29, 1.82) is 0 Å². The third-order valence-electron chi connectivity index (χ3n) is 5.71. The first-order valence-corrected chi connectivity index (χ1v) is 12.0. The van der Waals surface area contributed by atoms with Crippen LogP contribution in [0.1, 0.15) is 59.4 Å². The van der Waals surface area contributed by atoms with Crippen LogP contribution >= 0.6 is 0 Å². The molecule has 6 heteroatoms. The number of nitrogens with zero attached hydrogens (tertiary/aromatic N) is 3. The van der Waals surface area contributed by atoms with E-state index in [9.17, 15) is 9.59 Å². The maximum Gasteiger partial charge on any atom is 0.246 e. The number of rotatable bonds is 9. The Labute approximate surface area is 203 Å². The van der Waals surface area contributed by atoms with Gasteiger partial charge in [-0.1, -0.05) is 70.2 Å². The maximum absolute atomic E-state index is 13.0. The largest absolute Gasteiger partial charge is 0.331 e. The second-order valence-electron chi connectivity index (χ2n) is 9.69. The van der Waals surface area contributed by atoms with Gasteiger partial charge in [0, 0.05) is 29.9 Å². The molecule has 0 radical (unpaired) electrons. The highest BCUT2D eigenvalue weighted by atomic mass is 16.2. The lowest BCUT2D eigenvalue weighted by atomic mass is 10.0. The monoisotopic (exact) mass is 460 g/mol. The second-order valence-corrected chi connectivity index (χ2v) is 9.69. The number of hydrogen-bond acceptors (Lipinski definition) is 3. The topological polar surface area (TPSA) is 67.2 Å². The number of imidazole rings is 1. The van der Waals surface area contributed by atoms with Gasteiger partial charge in [0.15, 0.2) is 0 Å². The first-order chi connectivity index (χ1) is 16.2. The Kier molecular flexibility index (Phi) is 8.26. The summed E-state index contributed by atoms with van der Waals surface area (Å²) < 4.78 is 1.89. The lowest BCUT2D eigenvalue weighted by molar-refractivity contribution is -0.137. The second kappa shape index (κ2) is 11.1. The summed E-state index contributed by atoms with van der Waals surface area (Å²) in [5, 5.41) is 2.95. The predicted molar refractivity (Wildman–Crippen MR) is 138 cm³/mol. The minimum absolute atomic E-state index is 0.0109. The molecule has 180 valence electrons. The molecule has 0 fully saturated rings. The van der Waals surface area contributed by atoms with E-state index >= 15 is 0 Å². The molecule has 0 saturated heterocycles. The SMILES string of the molecule is CC(C)CC(=O)N(CC(=O)Nc1nc(-c2ccccc2)cn1-c1ccc(C(C)C)cc1)C(C)C. The number of aromatic nitrogens is 2. The van der Waals surface area contributed by atoms with E-state index in [0.717, 1.165) is 16.9 Å². The molecule has 2 amide bonds. The number of nitrogens with one attached hydrogen (secondary N) is 1. The Balaban J connectivity index is 1.90. The molecule has 3 rings (SSSR count). The number of carbonyl (C=O) groups is 2. The summed E-state index contributed by atoms with van der Waals surface area (Å²) in [6.45, 7) is 12.2. The molecule has 0 spiro atoms. The minimum atomic E-state index is -0.268. The fourth-order valence-electron chi connectivity index (χ4n) is 3.78. The van der Waals surface area contributed by atoms with E-state index in [4.69, 9.17) is 4.98 Å². The van der Waals surface area contributed by atoms with Gasteiger partial charge >= 0.3 is 0 Å². The van der Waals surface area contributed by atoms with Gasteiger partial charge in [0.1, 0.15) is 6.54 Å². The van der Waals surface area contributed by atoms with Crippen molar-refractivity contribution in [1.82, 2.24) is 14.5 Å². The van der Waals surface area contributed by atoms with Gasteiger partial charge in [-0.3, -0.25) is 19.5 Å². The van der Waals surface area contributed by atoms with Gasteiger partial charge in [-0.2, -0.15) is 0 Å². The molecule has 0 aliphatic heterocycles. The van der Waals surface area contributed by atoms with Crippen LogP contribution in [0.2, 0.25) is 0 Å². The molecule has 0 saturated carbocycles. The predicted octanol–water partition coefficient (Wildman–Crippen LogP) is 5.88. The quantitative estimate of drug-likeness (QED) is 0.433. The van der Waals surface area contributed by atoms with Crippen LogP contribution < -0.4 is 5.32 Å². The molecular weight excluding hydrogens is 424 g/mol. The van der Waals surface area contributed by atoms with Crippen LogP contribution in [0.4, 0.5) is 5.95 Å². The van der Waals surface area contributed by atoms with Crippen LogP contribution in [0, 0.1) is 5.92 Å². The maximum atomic E-state index is 13.0. The molecule has 0 bridgehead atoms. The lowest BCUT2D eigenvalue weighted by Gasteiger charge is -2.27. The number of carbonyl (C=O) groups excluding carboxylic acids is 2. The van der Waals surface area contributed by atoms with Gasteiger partial charge in [0.2, 0.25) is 17.8 Å². The van der Waals surface area contributed by atoms with Crippen LogP contribution in [0.25, 0.3) is 16.9 Å². The molecule has 2 aromatic carbocycles. The Bertz CT molecular complexity index is 1100. The summed E-state index contributed by atoms with van der Waals surface area (Å²) in [5.74, 6) is 0.814. The first-order valence-electron chi connectivity index (χ1n) is 12.0. The Morgan fingerprint density at radius 2 is 1.59 bits per heavy atom. The average molecular weight is 461 g/mol. The molecule has 1 heterocycles. The van der Waals surface area contributed by atoms with Gasteiger partial charge in [-0.05, 0) is 43.4 Å². The fourth-order valence-corrected chi connectivity index (χ4v) is 3.78. The van der Waals surface area contributed by atoms with E-state index in [1.54, 1.807) is 4.90 Å². The zero-order valence-electron chi connectivity index (χ0n) is 21.1. The smallest absolute Gasteiger partial charge is 0.246 e. The van der Waals surface area contributed by atoms with Crippen LogP contribution in [-0.2, 0) is 9.59 Å². The van der Waals surface area contributed by atoms with E-state index < -0.39 is 0 Å². The average Bonchev–Trinajstić information content (AvgIpc) is 3.21. The van der Waals surface area contributed by atoms with Crippen molar-refractivity contribution in [3.05, 3.63) is 66.4 Å². The molecular formula is C28H36N4O2. The van der Waals surface area contributed by atoms with Gasteiger partial charge in [0.05, 0.1) is 5.69 Å². The number of hydrogen-bond donors (Lipinski definition) is 1. The van der Waals surface area contributed by atoms with Crippen molar-refractivity contribution in [2.75, 3.05) is 11.9 Å². The molecule has 0 aliphatic rings. The van der Waals surface area contributed by atoms with Gasteiger partial charge < -0.3 is 4.90 Å². The fraction of sp³-hybridized carbons (Fsp3) is 0.393. The summed E-state index contributed by atoms with van der Waals surface area (Å²) in [6, 6.07) is 18.1. The summed E-state index contributed by atoms with van der Waals surface area (Å²) in [7, 11) is 0. The summed E-state index contributed by atoms with van der Waals surface area (Å²) in [4.78, 5) is 32.1. The van der Waals surface area contributed by atoms with Crippen LogP contribution in [0.5, 0.6) is 0 Å². The van der Waals surface area contributed by atoms with Crippen LogP contribution in [0.3, 0.4) is 0 Å². The number of amides is 2. The van der Waals surface area contributed by atoms with E-state index in [1.807, 2.05) is 80.9 Å². The van der Waals surface area contributed by atoms with Crippen molar-refractivity contribution < 1.29 is 9.59 Å². The summed E-state index contributed by atoms with van der Waals surface area (Å²) >= 11 is 0. The van der Waals surface area contributed by atoms with Crippen molar-refractivity contribution in [3.63, 3.8) is 0 Å². The summed E-state index contributed by atoms with van der Waals surface area (Å²) in [5.41, 5.74) is 3.88. The first kappa shape index (κ1) is 25.2. The highest BCUT2D eigenvalue weighted by Gasteiger charge is 2.22. The Hall–Kier alpha value is -3.41. The molecule has 0 unspecified atom stereocenters. The van der Waals surface area contributed by atoms with Crippen molar-refractivity contribution in [3.8, 4) is 16.9 Å². The van der Waals surface area contributed by atoms with E-state index in [2.05, 4.69) is 31.3 Å². The van der Waals surface area contributed by atoms with Gasteiger partial charge in [-0.25, -0.2) is 4.98 Å². The van der Waals surface area contributed by atoms with E-state index in [1.165, 1.54) is 5.56 Å². The number of benzene rings is 2. The summed E-state index contributed by atoms with van der Waals surface area (Å²) in [6.07, 6.45) is 2.35.